The summed E-state index contributed by atoms with van der Waals surface area (Å²) in [5, 5.41) is 11.2. The van der Waals surface area contributed by atoms with Crippen LogP contribution >= 0.6 is 0 Å². The SMILES string of the molecule is CCCN1CCN(c2ncc(C(=O)NCCOCCC(=O)NCCCCn3nc(-c4ccc5oc(N)nc5c4)c4c(N)ncnc43)cn2)CC1. The van der Waals surface area contributed by atoms with Crippen molar-refractivity contribution in [2.45, 2.75) is 39.2 Å². The number of carbonyl (C=O) groups is 2. The van der Waals surface area contributed by atoms with E-state index in [1.165, 1.54) is 6.33 Å². The molecule has 17 heteroatoms. The van der Waals surface area contributed by atoms with Gasteiger partial charge in [-0.3, -0.25) is 14.5 Å². The van der Waals surface area contributed by atoms with Crippen LogP contribution in [0.5, 0.6) is 0 Å². The number of nitrogens with two attached hydrogens (primary N) is 2. The smallest absolute Gasteiger partial charge is 0.292 e. The molecule has 0 saturated carbocycles. The molecular weight excluding hydrogens is 642 g/mol. The number of oxazole rings is 1. The summed E-state index contributed by atoms with van der Waals surface area (Å²) in [6.45, 7) is 8.95. The number of rotatable bonds is 16. The minimum absolute atomic E-state index is 0.0939. The Morgan fingerprint density at radius 3 is 2.58 bits per heavy atom. The van der Waals surface area contributed by atoms with E-state index in [1.54, 1.807) is 23.1 Å². The largest absolute Gasteiger partial charge is 0.424 e. The van der Waals surface area contributed by atoms with Gasteiger partial charge >= 0.3 is 0 Å². The third kappa shape index (κ3) is 8.41. The molecule has 1 saturated heterocycles. The fraction of sp³-hybridized carbons (Fsp3) is 0.455. The number of benzene rings is 1. The van der Waals surface area contributed by atoms with Gasteiger partial charge in [0.15, 0.2) is 11.2 Å². The van der Waals surface area contributed by atoms with Gasteiger partial charge in [0.2, 0.25) is 11.9 Å². The lowest BCUT2D eigenvalue weighted by Crippen LogP contribution is -2.47. The average molecular weight is 686 g/mol. The fourth-order valence-electron chi connectivity index (χ4n) is 5.88. The number of fused-ring (bicyclic) bond motifs is 2. The molecule has 50 heavy (non-hydrogen) atoms. The predicted molar refractivity (Wildman–Crippen MR) is 188 cm³/mol. The molecule has 1 aliphatic rings. The number of unbranched alkanes of at least 4 members (excludes halogenated alkanes) is 1. The van der Waals surface area contributed by atoms with Crippen molar-refractivity contribution in [1.82, 2.24) is 50.2 Å². The summed E-state index contributed by atoms with van der Waals surface area (Å²) in [4.78, 5) is 51.0. The van der Waals surface area contributed by atoms with Gasteiger partial charge in [0.05, 0.1) is 24.2 Å². The van der Waals surface area contributed by atoms with Crippen LogP contribution in [0, 0.1) is 0 Å². The normalized spacial score (nSPS) is 13.7. The minimum atomic E-state index is -0.264. The molecule has 0 bridgehead atoms. The van der Waals surface area contributed by atoms with E-state index in [9.17, 15) is 9.59 Å². The minimum Gasteiger partial charge on any atom is -0.424 e. The van der Waals surface area contributed by atoms with Gasteiger partial charge in [-0.15, -0.1) is 0 Å². The number of ether oxygens (including phenoxy) is 1. The van der Waals surface area contributed by atoms with E-state index in [2.05, 4.69) is 52.3 Å². The van der Waals surface area contributed by atoms with Crippen molar-refractivity contribution in [3.8, 4) is 11.3 Å². The number of aryl methyl sites for hydroxylation is 1. The van der Waals surface area contributed by atoms with Gasteiger partial charge in [-0.05, 0) is 44.0 Å². The van der Waals surface area contributed by atoms with Crippen molar-refractivity contribution >= 4 is 51.7 Å². The lowest BCUT2D eigenvalue weighted by molar-refractivity contribution is -0.122. The molecule has 0 unspecified atom stereocenters. The number of anilines is 3. The molecule has 6 rings (SSSR count). The van der Waals surface area contributed by atoms with E-state index in [0.717, 1.165) is 57.5 Å². The summed E-state index contributed by atoms with van der Waals surface area (Å²) in [6.07, 6.45) is 7.38. The fourth-order valence-corrected chi connectivity index (χ4v) is 5.88. The molecule has 0 aliphatic carbocycles. The van der Waals surface area contributed by atoms with E-state index in [-0.39, 0.29) is 37.5 Å². The van der Waals surface area contributed by atoms with Crippen LogP contribution in [0.25, 0.3) is 33.4 Å². The topological polar surface area (TPSA) is 221 Å². The van der Waals surface area contributed by atoms with Gasteiger partial charge in [-0.2, -0.15) is 10.1 Å². The lowest BCUT2D eigenvalue weighted by Gasteiger charge is -2.34. The molecule has 1 aliphatic heterocycles. The number of hydrogen-bond donors (Lipinski definition) is 4. The second-order valence-electron chi connectivity index (χ2n) is 12.0. The van der Waals surface area contributed by atoms with E-state index in [4.69, 9.17) is 25.7 Å². The first-order valence-corrected chi connectivity index (χ1v) is 16.9. The third-order valence-electron chi connectivity index (χ3n) is 8.46. The Morgan fingerprint density at radius 2 is 1.78 bits per heavy atom. The van der Waals surface area contributed by atoms with Crippen LogP contribution in [0.15, 0.2) is 41.3 Å². The molecule has 5 aromatic rings. The Morgan fingerprint density at radius 1 is 0.960 bits per heavy atom. The molecule has 0 atom stereocenters. The highest BCUT2D eigenvalue weighted by Gasteiger charge is 2.20. The van der Waals surface area contributed by atoms with Gasteiger partial charge in [-0.25, -0.2) is 24.6 Å². The van der Waals surface area contributed by atoms with Crippen molar-refractivity contribution in [2.75, 3.05) is 75.4 Å². The maximum atomic E-state index is 12.5. The Balaban J connectivity index is 0.861. The highest BCUT2D eigenvalue weighted by Crippen LogP contribution is 2.32. The van der Waals surface area contributed by atoms with Crippen LogP contribution in [-0.4, -0.2) is 110 Å². The Labute approximate surface area is 288 Å². The maximum absolute atomic E-state index is 12.5. The zero-order valence-electron chi connectivity index (χ0n) is 28.2. The quantitative estimate of drug-likeness (QED) is 0.109. The standard InChI is InChI=1S/C33H43N13O4/c1-2-10-44-12-14-45(15-13-44)33-38-19-23(20-39-33)31(48)37-9-17-49-16-7-26(47)36-8-3-4-11-46-30-27(29(34)40-21-41-30)28(43-46)22-5-6-25-24(18-22)42-32(35)50-25/h5-6,18-21H,2-4,7-17H2,1H3,(H2,35,42)(H,36,47)(H,37,48)(H2,34,40,41). The van der Waals surface area contributed by atoms with Crippen molar-refractivity contribution in [3.05, 3.63) is 42.5 Å². The van der Waals surface area contributed by atoms with Crippen LogP contribution in [-0.2, 0) is 16.1 Å². The number of carbonyl (C=O) groups excluding carboxylic acids is 2. The van der Waals surface area contributed by atoms with E-state index < -0.39 is 0 Å². The zero-order chi connectivity index (χ0) is 34.9. The number of nitrogens with zero attached hydrogens (tertiary/aromatic N) is 9. The average Bonchev–Trinajstić information content (AvgIpc) is 3.70. The van der Waals surface area contributed by atoms with Gasteiger partial charge in [-0.1, -0.05) is 6.92 Å². The van der Waals surface area contributed by atoms with Gasteiger partial charge in [0.25, 0.3) is 11.9 Å². The monoisotopic (exact) mass is 685 g/mol. The van der Waals surface area contributed by atoms with Crippen molar-refractivity contribution < 1.29 is 18.7 Å². The highest BCUT2D eigenvalue weighted by atomic mass is 16.5. The first-order valence-electron chi connectivity index (χ1n) is 16.9. The van der Waals surface area contributed by atoms with Crippen LogP contribution in [0.2, 0.25) is 0 Å². The molecule has 6 N–H and O–H groups in total. The van der Waals surface area contributed by atoms with Crippen LogP contribution in [0.4, 0.5) is 17.8 Å². The molecule has 17 nitrogen and oxygen atoms in total. The molecule has 0 spiro atoms. The second-order valence-corrected chi connectivity index (χ2v) is 12.0. The van der Waals surface area contributed by atoms with Crippen molar-refractivity contribution in [1.29, 1.82) is 0 Å². The van der Waals surface area contributed by atoms with Crippen molar-refractivity contribution in [2.24, 2.45) is 0 Å². The summed E-state index contributed by atoms with van der Waals surface area (Å²) >= 11 is 0. The van der Waals surface area contributed by atoms with E-state index in [1.807, 2.05) is 12.1 Å². The molecule has 264 valence electrons. The van der Waals surface area contributed by atoms with Gasteiger partial charge in [0, 0.05) is 70.2 Å². The molecular formula is C33H43N13O4. The summed E-state index contributed by atoms with van der Waals surface area (Å²) in [7, 11) is 0. The summed E-state index contributed by atoms with van der Waals surface area (Å²) in [5.74, 6) is 0.610. The molecule has 1 aromatic carbocycles. The first-order chi connectivity index (χ1) is 24.4. The third-order valence-corrected chi connectivity index (χ3v) is 8.46. The van der Waals surface area contributed by atoms with Gasteiger partial charge < -0.3 is 36.2 Å². The molecule has 1 fully saturated rings. The van der Waals surface area contributed by atoms with Crippen LogP contribution in [0.3, 0.4) is 0 Å². The second kappa shape index (κ2) is 16.3. The van der Waals surface area contributed by atoms with E-state index in [0.29, 0.717) is 64.8 Å². The molecule has 2 amide bonds. The number of hydrogen-bond acceptors (Lipinski definition) is 14. The molecule has 4 aromatic heterocycles. The number of aromatic nitrogens is 7. The Hall–Kier alpha value is -5.42. The summed E-state index contributed by atoms with van der Waals surface area (Å²) in [6, 6.07) is 5.59. The number of piperazine rings is 1. The van der Waals surface area contributed by atoms with Crippen LogP contribution in [0.1, 0.15) is 43.0 Å². The summed E-state index contributed by atoms with van der Waals surface area (Å²) in [5.41, 5.74) is 15.6. The van der Waals surface area contributed by atoms with Crippen molar-refractivity contribution in [3.63, 3.8) is 0 Å². The number of amides is 2. The number of nitrogens with one attached hydrogen (secondary N) is 2. The number of nitrogen functional groups attached to an aromatic ring is 2. The maximum Gasteiger partial charge on any atom is 0.292 e. The Kier molecular flexibility index (Phi) is 11.2. The zero-order valence-corrected chi connectivity index (χ0v) is 28.2. The summed E-state index contributed by atoms with van der Waals surface area (Å²) < 4.78 is 12.7. The van der Waals surface area contributed by atoms with E-state index >= 15 is 0 Å². The van der Waals surface area contributed by atoms with Crippen LogP contribution < -0.4 is 27.0 Å². The van der Waals surface area contributed by atoms with Gasteiger partial charge in [0.1, 0.15) is 23.4 Å². The first kappa shape index (κ1) is 34.4. The lowest BCUT2D eigenvalue weighted by atomic mass is 10.1. The molecule has 0 radical (unpaired) electrons. The molecule has 5 heterocycles. The highest BCUT2D eigenvalue weighted by molar-refractivity contribution is 5.99. The Bertz CT molecular complexity index is 1900. The predicted octanol–water partition coefficient (Wildman–Crippen LogP) is 1.85.